The molecule has 1 heterocycles. The molecule has 0 unspecified atom stereocenters. The maximum absolute atomic E-state index is 12.4. The Morgan fingerprint density at radius 1 is 0.963 bits per heavy atom. The van der Waals surface area contributed by atoms with E-state index in [2.05, 4.69) is 15.6 Å². The van der Waals surface area contributed by atoms with E-state index in [-0.39, 0.29) is 10.5 Å². The number of carbonyl (C=O) groups excluding carboxylic acids is 2. The average Bonchev–Trinajstić information content (AvgIpc) is 2.67. The molecule has 0 spiro atoms. The Labute approximate surface area is 155 Å². The number of pyridine rings is 1. The predicted octanol–water partition coefficient (Wildman–Crippen LogP) is 2.10. The van der Waals surface area contributed by atoms with E-state index in [4.69, 9.17) is 0 Å². The minimum Gasteiger partial charge on any atom is -0.341 e. The van der Waals surface area contributed by atoms with Crippen LogP contribution in [0.5, 0.6) is 0 Å². The summed E-state index contributed by atoms with van der Waals surface area (Å²) in [7, 11) is -2.59. The van der Waals surface area contributed by atoms with Gasteiger partial charge in [0.2, 0.25) is 0 Å². The molecule has 3 amide bonds. The number of hydrogen-bond donors (Lipinski definition) is 3. The third-order valence-electron chi connectivity index (χ3n) is 3.78. The van der Waals surface area contributed by atoms with Crippen molar-refractivity contribution in [2.75, 3.05) is 12.4 Å². The fourth-order valence-corrected chi connectivity index (χ4v) is 3.35. The highest BCUT2D eigenvalue weighted by Crippen LogP contribution is 2.17. The molecule has 3 aromatic rings. The number of sulfonamides is 1. The zero-order valence-electron chi connectivity index (χ0n) is 14.3. The Hall–Kier alpha value is -3.46. The van der Waals surface area contributed by atoms with Crippen molar-refractivity contribution in [2.45, 2.75) is 4.90 Å². The first-order valence-corrected chi connectivity index (χ1v) is 9.37. The molecule has 9 heteroatoms. The Balaban J connectivity index is 1.78. The molecule has 1 aromatic heterocycles. The fraction of sp³-hybridized carbons (Fsp3) is 0.0556. The van der Waals surface area contributed by atoms with Crippen LogP contribution in [0.3, 0.4) is 0 Å². The first-order valence-electron chi connectivity index (χ1n) is 7.89. The predicted molar refractivity (Wildman–Crippen MR) is 101 cm³/mol. The smallest absolute Gasteiger partial charge is 0.318 e. The molecule has 27 heavy (non-hydrogen) atoms. The number of aromatic nitrogens is 1. The highest BCUT2D eigenvalue weighted by atomic mass is 32.2. The van der Waals surface area contributed by atoms with Crippen LogP contribution >= 0.6 is 0 Å². The average molecular weight is 384 g/mol. The van der Waals surface area contributed by atoms with Crippen LogP contribution < -0.4 is 15.4 Å². The molecule has 0 bridgehead atoms. The van der Waals surface area contributed by atoms with Crippen LogP contribution in [0.4, 0.5) is 10.5 Å². The van der Waals surface area contributed by atoms with Gasteiger partial charge in [0.1, 0.15) is 0 Å². The maximum Gasteiger partial charge on any atom is 0.318 e. The van der Waals surface area contributed by atoms with Gasteiger partial charge in [-0.15, -0.1) is 0 Å². The Bertz CT molecular complexity index is 1110. The number of urea groups is 1. The minimum atomic E-state index is -4.05. The number of hydrogen-bond acceptors (Lipinski definition) is 5. The second-order valence-corrected chi connectivity index (χ2v) is 7.28. The van der Waals surface area contributed by atoms with E-state index in [0.717, 1.165) is 10.8 Å². The molecule has 0 aliphatic heterocycles. The summed E-state index contributed by atoms with van der Waals surface area (Å²) in [5, 5.41) is 6.52. The SMILES string of the molecule is CNC(=O)Nc1ccc(S(=O)(=O)NC(=O)c2ccc3cnccc3c2)cc1. The summed E-state index contributed by atoms with van der Waals surface area (Å²) >= 11 is 0. The summed E-state index contributed by atoms with van der Waals surface area (Å²) < 4.78 is 26.9. The van der Waals surface area contributed by atoms with E-state index < -0.39 is 22.0 Å². The van der Waals surface area contributed by atoms with Gasteiger partial charge in [-0.2, -0.15) is 0 Å². The molecule has 0 aliphatic carbocycles. The van der Waals surface area contributed by atoms with Crippen molar-refractivity contribution in [2.24, 2.45) is 0 Å². The number of rotatable bonds is 4. The van der Waals surface area contributed by atoms with Gasteiger partial charge >= 0.3 is 6.03 Å². The minimum absolute atomic E-state index is 0.0942. The van der Waals surface area contributed by atoms with Crippen molar-refractivity contribution in [3.05, 3.63) is 66.5 Å². The quantitative estimate of drug-likeness (QED) is 0.637. The highest BCUT2D eigenvalue weighted by molar-refractivity contribution is 7.90. The van der Waals surface area contributed by atoms with E-state index in [1.54, 1.807) is 30.6 Å². The lowest BCUT2D eigenvalue weighted by atomic mass is 10.1. The van der Waals surface area contributed by atoms with E-state index in [1.165, 1.54) is 37.4 Å². The van der Waals surface area contributed by atoms with Gasteiger partial charge in [-0.3, -0.25) is 9.78 Å². The standard InChI is InChI=1S/C18H16N4O4S/c1-19-18(24)21-15-4-6-16(7-5-15)27(25,26)22-17(23)13-2-3-14-11-20-9-8-12(14)10-13/h2-11H,1H3,(H,22,23)(H2,19,21,24). The Morgan fingerprint density at radius 3 is 2.41 bits per heavy atom. The summed E-state index contributed by atoms with van der Waals surface area (Å²) in [5.74, 6) is -0.735. The molecule has 2 aromatic carbocycles. The normalized spacial score (nSPS) is 11.0. The lowest BCUT2D eigenvalue weighted by molar-refractivity contribution is 0.0981. The van der Waals surface area contributed by atoms with E-state index in [9.17, 15) is 18.0 Å². The molecule has 8 nitrogen and oxygen atoms in total. The van der Waals surface area contributed by atoms with E-state index >= 15 is 0 Å². The second kappa shape index (κ2) is 7.42. The Morgan fingerprint density at radius 2 is 1.70 bits per heavy atom. The lowest BCUT2D eigenvalue weighted by Crippen LogP contribution is -2.30. The number of amides is 3. The van der Waals surface area contributed by atoms with Crippen molar-refractivity contribution in [1.82, 2.24) is 15.0 Å². The number of carbonyl (C=O) groups is 2. The number of anilines is 1. The van der Waals surface area contributed by atoms with E-state index in [1.807, 2.05) is 4.72 Å². The molecular weight excluding hydrogens is 368 g/mol. The van der Waals surface area contributed by atoms with Gasteiger partial charge in [0, 0.05) is 36.1 Å². The third-order valence-corrected chi connectivity index (χ3v) is 5.13. The summed E-state index contributed by atoms with van der Waals surface area (Å²) in [6.45, 7) is 0. The van der Waals surface area contributed by atoms with Crippen molar-refractivity contribution in [3.63, 3.8) is 0 Å². The maximum atomic E-state index is 12.4. The third kappa shape index (κ3) is 4.21. The zero-order chi connectivity index (χ0) is 19.4. The molecule has 3 N–H and O–H groups in total. The summed E-state index contributed by atoms with van der Waals surface area (Å²) in [5.41, 5.74) is 0.637. The van der Waals surface area contributed by atoms with Gasteiger partial charge in [0.15, 0.2) is 0 Å². The van der Waals surface area contributed by atoms with Gasteiger partial charge in [0.05, 0.1) is 4.90 Å². The van der Waals surface area contributed by atoms with Gasteiger partial charge in [-0.05, 0) is 47.9 Å². The van der Waals surface area contributed by atoms with Gasteiger partial charge in [0.25, 0.3) is 15.9 Å². The summed E-state index contributed by atoms with van der Waals surface area (Å²) in [6, 6.07) is 11.6. The van der Waals surface area contributed by atoms with Crippen LogP contribution in [0.1, 0.15) is 10.4 Å². The molecule has 0 fully saturated rings. The molecule has 3 rings (SSSR count). The van der Waals surface area contributed by atoms with Crippen LogP contribution in [0.2, 0.25) is 0 Å². The van der Waals surface area contributed by atoms with Crippen LogP contribution in [-0.4, -0.2) is 32.4 Å². The van der Waals surface area contributed by atoms with Crippen molar-refractivity contribution >= 4 is 38.4 Å². The lowest BCUT2D eigenvalue weighted by Gasteiger charge is -2.09. The number of nitrogens with zero attached hydrogens (tertiary/aromatic N) is 1. The largest absolute Gasteiger partial charge is 0.341 e. The molecule has 138 valence electrons. The van der Waals surface area contributed by atoms with Crippen LogP contribution in [0.15, 0.2) is 65.8 Å². The van der Waals surface area contributed by atoms with Crippen molar-refractivity contribution in [3.8, 4) is 0 Å². The molecule has 0 saturated carbocycles. The monoisotopic (exact) mass is 384 g/mol. The summed E-state index contributed by atoms with van der Waals surface area (Å²) in [4.78, 5) is 27.5. The zero-order valence-corrected chi connectivity index (χ0v) is 15.1. The number of nitrogens with one attached hydrogen (secondary N) is 3. The topological polar surface area (TPSA) is 117 Å². The first-order chi connectivity index (χ1) is 12.9. The first kappa shape index (κ1) is 18.3. The van der Waals surface area contributed by atoms with Gasteiger partial charge in [-0.25, -0.2) is 17.9 Å². The molecule has 0 atom stereocenters. The Kier molecular flexibility index (Phi) is 5.04. The van der Waals surface area contributed by atoms with Crippen LogP contribution in [0, 0.1) is 0 Å². The molecular formula is C18H16N4O4S. The van der Waals surface area contributed by atoms with Crippen LogP contribution in [0.25, 0.3) is 10.8 Å². The number of benzene rings is 2. The van der Waals surface area contributed by atoms with Gasteiger partial charge in [-0.1, -0.05) is 6.07 Å². The van der Waals surface area contributed by atoms with E-state index in [0.29, 0.717) is 5.69 Å². The summed E-state index contributed by atoms with van der Waals surface area (Å²) in [6.07, 6.45) is 3.25. The van der Waals surface area contributed by atoms with Crippen molar-refractivity contribution < 1.29 is 18.0 Å². The number of fused-ring (bicyclic) bond motifs is 1. The van der Waals surface area contributed by atoms with Crippen LogP contribution in [-0.2, 0) is 10.0 Å². The van der Waals surface area contributed by atoms with Gasteiger partial charge < -0.3 is 10.6 Å². The molecule has 0 radical (unpaired) electrons. The van der Waals surface area contributed by atoms with Crippen molar-refractivity contribution in [1.29, 1.82) is 0 Å². The molecule has 0 aliphatic rings. The molecule has 0 saturated heterocycles. The second-order valence-electron chi connectivity index (χ2n) is 5.60. The highest BCUT2D eigenvalue weighted by Gasteiger charge is 2.19. The fourth-order valence-electron chi connectivity index (χ4n) is 2.38.